The van der Waals surface area contributed by atoms with Crippen LogP contribution in [0.2, 0.25) is 0 Å². The van der Waals surface area contributed by atoms with Crippen LogP contribution in [-0.4, -0.2) is 33.0 Å². The number of esters is 1. The lowest BCUT2D eigenvalue weighted by Crippen LogP contribution is -2.21. The zero-order valence-electron chi connectivity index (χ0n) is 15.3. The summed E-state index contributed by atoms with van der Waals surface area (Å²) in [5.41, 5.74) is 2.97. The second-order valence-electron chi connectivity index (χ2n) is 6.21. The van der Waals surface area contributed by atoms with Gasteiger partial charge in [-0.05, 0) is 31.2 Å². The van der Waals surface area contributed by atoms with E-state index in [2.05, 4.69) is 38.9 Å². The second-order valence-corrected chi connectivity index (χ2v) is 6.21. The molecule has 2 heterocycles. The lowest BCUT2D eigenvalue weighted by molar-refractivity contribution is -0.119. The Kier molecular flexibility index (Phi) is 4.72. The number of aromatic nitrogens is 3. The predicted octanol–water partition coefficient (Wildman–Crippen LogP) is 3.40. The summed E-state index contributed by atoms with van der Waals surface area (Å²) in [5, 5.41) is 4.96. The molecule has 4 rings (SSSR count). The number of ether oxygens (including phenoxy) is 1. The van der Waals surface area contributed by atoms with E-state index >= 15 is 0 Å². The molecule has 28 heavy (non-hydrogen) atoms. The number of carbonyl (C=O) groups excluding carboxylic acids is 2. The highest BCUT2D eigenvalue weighted by Crippen LogP contribution is 2.30. The van der Waals surface area contributed by atoms with Crippen molar-refractivity contribution in [2.45, 2.75) is 13.5 Å². The van der Waals surface area contributed by atoms with Gasteiger partial charge in [-0.2, -0.15) is 0 Å². The first-order valence-corrected chi connectivity index (χ1v) is 8.91. The van der Waals surface area contributed by atoms with Crippen LogP contribution < -0.4 is 5.32 Å². The van der Waals surface area contributed by atoms with E-state index in [1.807, 2.05) is 30.3 Å². The van der Waals surface area contributed by atoms with Crippen LogP contribution >= 0.6 is 0 Å². The van der Waals surface area contributed by atoms with Gasteiger partial charge in [0.15, 0.2) is 12.3 Å². The van der Waals surface area contributed by atoms with Gasteiger partial charge in [-0.15, -0.1) is 0 Å². The first-order chi connectivity index (χ1) is 13.7. The molecule has 0 unspecified atom stereocenters. The van der Waals surface area contributed by atoms with Gasteiger partial charge in [0.05, 0.1) is 6.20 Å². The fourth-order valence-electron chi connectivity index (χ4n) is 3.28. The third-order valence-electron chi connectivity index (χ3n) is 4.48. The van der Waals surface area contributed by atoms with Crippen LogP contribution in [0.3, 0.4) is 0 Å². The number of hydrogen-bond donors (Lipinski definition) is 1. The van der Waals surface area contributed by atoms with Crippen LogP contribution in [0.1, 0.15) is 17.4 Å². The van der Waals surface area contributed by atoms with Gasteiger partial charge < -0.3 is 14.6 Å². The molecular formula is C21H18N4O3. The number of nitrogens with zero attached hydrogens (tertiary/aromatic N) is 3. The summed E-state index contributed by atoms with van der Waals surface area (Å²) in [5.74, 6) is -1.11. The zero-order valence-corrected chi connectivity index (χ0v) is 15.3. The molecule has 140 valence electrons. The van der Waals surface area contributed by atoms with Crippen molar-refractivity contribution in [3.63, 3.8) is 0 Å². The summed E-state index contributed by atoms with van der Waals surface area (Å²) in [7, 11) is 0. The van der Waals surface area contributed by atoms with Crippen LogP contribution in [-0.2, 0) is 16.1 Å². The van der Waals surface area contributed by atoms with E-state index in [-0.39, 0.29) is 5.69 Å². The largest absolute Gasteiger partial charge is 0.451 e. The molecule has 0 aliphatic rings. The number of hydrogen-bond acceptors (Lipinski definition) is 5. The number of aryl methyl sites for hydroxylation is 1. The van der Waals surface area contributed by atoms with Crippen molar-refractivity contribution in [1.82, 2.24) is 14.5 Å². The molecule has 0 radical (unpaired) electrons. The van der Waals surface area contributed by atoms with E-state index in [9.17, 15) is 9.59 Å². The third kappa shape index (κ3) is 3.29. The third-order valence-corrected chi connectivity index (χ3v) is 4.48. The highest BCUT2D eigenvalue weighted by Gasteiger charge is 2.13. The van der Waals surface area contributed by atoms with Crippen LogP contribution in [0.15, 0.2) is 61.1 Å². The fourth-order valence-corrected chi connectivity index (χ4v) is 3.28. The number of rotatable bonds is 5. The minimum absolute atomic E-state index is 0.0593. The van der Waals surface area contributed by atoms with Gasteiger partial charge in [-0.3, -0.25) is 9.78 Å². The van der Waals surface area contributed by atoms with Gasteiger partial charge >= 0.3 is 5.97 Å². The van der Waals surface area contributed by atoms with Gasteiger partial charge in [0.1, 0.15) is 0 Å². The maximum absolute atomic E-state index is 12.2. The molecule has 0 spiro atoms. The summed E-state index contributed by atoms with van der Waals surface area (Å²) in [6.45, 7) is 2.56. The Morgan fingerprint density at radius 1 is 1.07 bits per heavy atom. The van der Waals surface area contributed by atoms with Gasteiger partial charge in [0, 0.05) is 46.4 Å². The minimum Gasteiger partial charge on any atom is -0.451 e. The van der Waals surface area contributed by atoms with E-state index in [1.165, 1.54) is 18.6 Å². The van der Waals surface area contributed by atoms with E-state index in [1.54, 1.807) is 0 Å². The van der Waals surface area contributed by atoms with Gasteiger partial charge in [0.25, 0.3) is 5.91 Å². The van der Waals surface area contributed by atoms with Crippen LogP contribution in [0.25, 0.3) is 21.8 Å². The minimum atomic E-state index is -0.690. The Morgan fingerprint density at radius 3 is 2.68 bits per heavy atom. The van der Waals surface area contributed by atoms with Crippen LogP contribution in [0.4, 0.5) is 5.69 Å². The number of fused-ring (bicyclic) bond motifs is 3. The van der Waals surface area contributed by atoms with Crippen molar-refractivity contribution in [2.24, 2.45) is 0 Å². The fraction of sp³-hybridized carbons (Fsp3) is 0.143. The summed E-state index contributed by atoms with van der Waals surface area (Å²) >= 11 is 0. The molecule has 0 fully saturated rings. The van der Waals surface area contributed by atoms with E-state index in [0.717, 1.165) is 28.4 Å². The number of nitrogens with one attached hydrogen (secondary N) is 1. The number of benzene rings is 2. The summed E-state index contributed by atoms with van der Waals surface area (Å²) in [4.78, 5) is 31.7. The smallest absolute Gasteiger partial charge is 0.359 e. The molecule has 0 aliphatic heterocycles. The molecule has 4 aromatic rings. The molecule has 0 atom stereocenters. The first-order valence-electron chi connectivity index (χ1n) is 8.91. The lowest BCUT2D eigenvalue weighted by Gasteiger charge is -2.07. The van der Waals surface area contributed by atoms with Crippen LogP contribution in [0, 0.1) is 0 Å². The first kappa shape index (κ1) is 17.7. The van der Waals surface area contributed by atoms with Crippen LogP contribution in [0.5, 0.6) is 0 Å². The molecule has 7 heteroatoms. The summed E-state index contributed by atoms with van der Waals surface area (Å²) in [6, 6.07) is 13.9. The molecule has 7 nitrogen and oxygen atoms in total. The normalized spacial score (nSPS) is 10.9. The number of carbonyl (C=O) groups is 2. The summed E-state index contributed by atoms with van der Waals surface area (Å²) < 4.78 is 7.22. The SMILES string of the molecule is CCn1c2ccccc2c2cc(NC(=O)COC(=O)c3cnccn3)ccc21. The highest BCUT2D eigenvalue weighted by atomic mass is 16.5. The second kappa shape index (κ2) is 7.48. The molecule has 0 saturated carbocycles. The monoisotopic (exact) mass is 374 g/mol. The van der Waals surface area contributed by atoms with E-state index in [4.69, 9.17) is 4.74 Å². The number of para-hydroxylation sites is 1. The average molecular weight is 374 g/mol. The lowest BCUT2D eigenvalue weighted by atomic mass is 10.1. The Labute approximate surface area is 161 Å². The Bertz CT molecular complexity index is 1170. The molecule has 0 saturated heterocycles. The Balaban J connectivity index is 1.51. The quantitative estimate of drug-likeness (QED) is 0.541. The van der Waals surface area contributed by atoms with Crippen molar-refractivity contribution >= 4 is 39.4 Å². The van der Waals surface area contributed by atoms with Crippen molar-refractivity contribution in [3.8, 4) is 0 Å². The molecule has 0 bridgehead atoms. The highest BCUT2D eigenvalue weighted by molar-refractivity contribution is 6.09. The predicted molar refractivity (Wildman–Crippen MR) is 106 cm³/mol. The average Bonchev–Trinajstić information content (AvgIpc) is 3.05. The van der Waals surface area contributed by atoms with Gasteiger partial charge in [-0.25, -0.2) is 9.78 Å². The summed E-state index contributed by atoms with van der Waals surface area (Å²) in [6.07, 6.45) is 4.13. The molecule has 2 aromatic heterocycles. The molecule has 0 aliphatic carbocycles. The molecule has 1 amide bonds. The van der Waals surface area contributed by atoms with Gasteiger partial charge in [-0.1, -0.05) is 18.2 Å². The topological polar surface area (TPSA) is 86.1 Å². The number of anilines is 1. The molecular weight excluding hydrogens is 356 g/mol. The van der Waals surface area contributed by atoms with E-state index < -0.39 is 18.5 Å². The Hall–Kier alpha value is -3.74. The number of amides is 1. The maximum atomic E-state index is 12.2. The van der Waals surface area contributed by atoms with Crippen molar-refractivity contribution in [3.05, 3.63) is 66.7 Å². The maximum Gasteiger partial charge on any atom is 0.359 e. The van der Waals surface area contributed by atoms with Crippen molar-refractivity contribution in [2.75, 3.05) is 11.9 Å². The molecule has 1 N–H and O–H groups in total. The van der Waals surface area contributed by atoms with Gasteiger partial charge in [0.2, 0.25) is 0 Å². The zero-order chi connectivity index (χ0) is 19.5. The molecule has 2 aromatic carbocycles. The standard InChI is InChI=1S/C21H18N4O3/c1-2-25-18-6-4-3-5-15(18)16-11-14(7-8-19(16)25)24-20(26)13-28-21(27)17-12-22-9-10-23-17/h3-12H,2,13H2,1H3,(H,24,26). The van der Waals surface area contributed by atoms with E-state index in [0.29, 0.717) is 5.69 Å². The van der Waals surface area contributed by atoms with Crippen molar-refractivity contribution < 1.29 is 14.3 Å². The Morgan fingerprint density at radius 2 is 1.89 bits per heavy atom. The van der Waals surface area contributed by atoms with Crippen molar-refractivity contribution in [1.29, 1.82) is 0 Å².